The van der Waals surface area contributed by atoms with E-state index in [1.807, 2.05) is 7.05 Å². The fourth-order valence-corrected chi connectivity index (χ4v) is 3.55. The van der Waals surface area contributed by atoms with Gasteiger partial charge < -0.3 is 13.7 Å². The number of nitrogens with zero attached hydrogens (tertiary/aromatic N) is 4. The summed E-state index contributed by atoms with van der Waals surface area (Å²) in [6.07, 6.45) is 5.63. The maximum atomic E-state index is 12.4. The van der Waals surface area contributed by atoms with Crippen LogP contribution in [0.5, 0.6) is 0 Å². The topological polar surface area (TPSA) is 73.4 Å². The molecular formula is C18H24N4O3. The van der Waals surface area contributed by atoms with E-state index in [-0.39, 0.29) is 11.8 Å². The highest BCUT2D eigenvalue weighted by atomic mass is 16.5. The lowest BCUT2D eigenvalue weighted by Gasteiger charge is -2.34. The molecule has 2 aromatic heterocycles. The van der Waals surface area contributed by atoms with E-state index in [0.29, 0.717) is 37.9 Å². The molecule has 0 bridgehead atoms. The number of carbonyl (C=O) groups excluding carboxylic acids is 1. The average molecular weight is 344 g/mol. The number of aromatic nitrogens is 3. The predicted octanol–water partition coefficient (Wildman–Crippen LogP) is 2.15. The van der Waals surface area contributed by atoms with Crippen LogP contribution in [0.25, 0.3) is 0 Å². The highest BCUT2D eigenvalue weighted by Crippen LogP contribution is 2.35. The molecule has 0 spiro atoms. The first-order valence-electron chi connectivity index (χ1n) is 8.99. The zero-order valence-electron chi connectivity index (χ0n) is 14.6. The van der Waals surface area contributed by atoms with E-state index in [1.165, 1.54) is 25.5 Å². The molecule has 0 unspecified atom stereocenters. The quantitative estimate of drug-likeness (QED) is 0.748. The van der Waals surface area contributed by atoms with Crippen LogP contribution in [-0.4, -0.2) is 51.2 Å². The Kier molecular flexibility index (Phi) is 4.67. The van der Waals surface area contributed by atoms with Crippen molar-refractivity contribution in [2.45, 2.75) is 44.2 Å². The molecule has 0 amide bonds. The summed E-state index contributed by atoms with van der Waals surface area (Å²) in [6.45, 7) is 2.72. The van der Waals surface area contributed by atoms with E-state index in [1.54, 1.807) is 12.1 Å². The van der Waals surface area contributed by atoms with E-state index in [2.05, 4.69) is 19.7 Å². The number of morpholine rings is 1. The molecule has 0 N–H and O–H groups in total. The zero-order valence-corrected chi connectivity index (χ0v) is 14.6. The molecule has 7 nitrogen and oxygen atoms in total. The second kappa shape index (κ2) is 7.09. The van der Waals surface area contributed by atoms with Gasteiger partial charge in [0.05, 0.1) is 26.0 Å². The Morgan fingerprint density at radius 2 is 2.24 bits per heavy atom. The number of carbonyl (C=O) groups is 1. The van der Waals surface area contributed by atoms with Crippen LogP contribution < -0.4 is 0 Å². The Morgan fingerprint density at radius 3 is 2.96 bits per heavy atom. The largest absolute Gasteiger partial charge is 0.461 e. The molecule has 0 radical (unpaired) electrons. The van der Waals surface area contributed by atoms with Gasteiger partial charge in [0.2, 0.25) is 0 Å². The van der Waals surface area contributed by atoms with E-state index in [4.69, 9.17) is 9.15 Å². The van der Waals surface area contributed by atoms with Crippen LogP contribution >= 0.6 is 0 Å². The van der Waals surface area contributed by atoms with Gasteiger partial charge in [-0.05, 0) is 25.0 Å². The number of furan rings is 1. The molecule has 25 heavy (non-hydrogen) atoms. The van der Waals surface area contributed by atoms with Crippen molar-refractivity contribution in [3.8, 4) is 0 Å². The van der Waals surface area contributed by atoms with Crippen LogP contribution in [0.15, 0.2) is 22.8 Å². The number of hydrogen-bond donors (Lipinski definition) is 0. The molecule has 2 aliphatic rings. The molecule has 1 aliphatic carbocycles. The van der Waals surface area contributed by atoms with Crippen LogP contribution in [0.1, 0.15) is 53.8 Å². The maximum Gasteiger partial charge on any atom is 0.199 e. The number of rotatable bonds is 6. The van der Waals surface area contributed by atoms with Gasteiger partial charge in [0, 0.05) is 32.0 Å². The van der Waals surface area contributed by atoms with Crippen LogP contribution in [0.4, 0.5) is 0 Å². The Labute approximate surface area is 147 Å². The molecule has 0 aromatic carbocycles. The Hall–Kier alpha value is -1.99. The fraction of sp³-hybridized carbons (Fsp3) is 0.611. The first-order chi connectivity index (χ1) is 12.2. The Morgan fingerprint density at radius 1 is 1.36 bits per heavy atom. The highest BCUT2D eigenvalue weighted by molar-refractivity contribution is 5.93. The molecule has 4 rings (SSSR count). The van der Waals surface area contributed by atoms with Crippen LogP contribution in [0.2, 0.25) is 0 Å². The SMILES string of the molecule is Cn1c(CN2CCOC[C@H]2CC(=O)c2ccco2)nnc1C1CCC1. The molecule has 1 saturated carbocycles. The molecule has 3 heterocycles. The molecule has 1 aliphatic heterocycles. The monoisotopic (exact) mass is 344 g/mol. The summed E-state index contributed by atoms with van der Waals surface area (Å²) in [5.74, 6) is 3.04. The molecular weight excluding hydrogens is 320 g/mol. The minimum Gasteiger partial charge on any atom is -0.461 e. The summed E-state index contributed by atoms with van der Waals surface area (Å²) in [5, 5.41) is 8.81. The zero-order chi connectivity index (χ0) is 17.2. The van der Waals surface area contributed by atoms with Crippen molar-refractivity contribution in [2.24, 2.45) is 7.05 Å². The number of Topliss-reactive ketones (excluding diaryl/α,β-unsaturated/α-hetero) is 1. The second-order valence-electron chi connectivity index (χ2n) is 6.97. The average Bonchev–Trinajstić information content (AvgIpc) is 3.21. The molecule has 1 saturated heterocycles. The highest BCUT2D eigenvalue weighted by Gasteiger charge is 2.29. The lowest BCUT2D eigenvalue weighted by Crippen LogP contribution is -2.46. The van der Waals surface area contributed by atoms with Crippen LogP contribution in [0.3, 0.4) is 0 Å². The van der Waals surface area contributed by atoms with Crippen LogP contribution in [-0.2, 0) is 18.3 Å². The number of hydrogen-bond acceptors (Lipinski definition) is 6. The van der Waals surface area contributed by atoms with E-state index >= 15 is 0 Å². The first-order valence-corrected chi connectivity index (χ1v) is 8.99. The van der Waals surface area contributed by atoms with Gasteiger partial charge in [-0.3, -0.25) is 9.69 Å². The van der Waals surface area contributed by atoms with E-state index in [0.717, 1.165) is 18.2 Å². The van der Waals surface area contributed by atoms with Crippen molar-refractivity contribution in [3.63, 3.8) is 0 Å². The molecule has 7 heteroatoms. The van der Waals surface area contributed by atoms with Gasteiger partial charge in [-0.25, -0.2) is 0 Å². The lowest BCUT2D eigenvalue weighted by atomic mass is 9.85. The maximum absolute atomic E-state index is 12.4. The van der Waals surface area contributed by atoms with Crippen molar-refractivity contribution in [1.29, 1.82) is 0 Å². The molecule has 134 valence electrons. The van der Waals surface area contributed by atoms with Crippen molar-refractivity contribution >= 4 is 5.78 Å². The summed E-state index contributed by atoms with van der Waals surface area (Å²) in [4.78, 5) is 14.6. The molecule has 2 aromatic rings. The van der Waals surface area contributed by atoms with Crippen molar-refractivity contribution in [2.75, 3.05) is 19.8 Å². The number of ketones is 1. The minimum absolute atomic E-state index is 0.0126. The summed E-state index contributed by atoms with van der Waals surface area (Å²) in [5.41, 5.74) is 0. The molecule has 1 atom stereocenters. The summed E-state index contributed by atoms with van der Waals surface area (Å²) in [6, 6.07) is 3.49. The van der Waals surface area contributed by atoms with Gasteiger partial charge in [0.25, 0.3) is 0 Å². The lowest BCUT2D eigenvalue weighted by molar-refractivity contribution is -0.0143. The summed E-state index contributed by atoms with van der Waals surface area (Å²) < 4.78 is 13.0. The number of ether oxygens (including phenoxy) is 1. The van der Waals surface area contributed by atoms with E-state index in [9.17, 15) is 4.79 Å². The minimum atomic E-state index is 0.0126. The van der Waals surface area contributed by atoms with E-state index < -0.39 is 0 Å². The van der Waals surface area contributed by atoms with Crippen LogP contribution in [0, 0.1) is 0 Å². The van der Waals surface area contributed by atoms with Crippen molar-refractivity contribution in [3.05, 3.63) is 35.8 Å². The van der Waals surface area contributed by atoms with Gasteiger partial charge >= 0.3 is 0 Å². The third kappa shape index (κ3) is 3.39. The van der Waals surface area contributed by atoms with Crippen molar-refractivity contribution < 1.29 is 13.9 Å². The summed E-state index contributed by atoms with van der Waals surface area (Å²) >= 11 is 0. The first kappa shape index (κ1) is 16.5. The normalized spacial score (nSPS) is 22.0. The third-order valence-corrected chi connectivity index (χ3v) is 5.38. The molecule has 2 fully saturated rings. The van der Waals surface area contributed by atoms with Gasteiger partial charge in [0.1, 0.15) is 11.6 Å². The predicted molar refractivity (Wildman–Crippen MR) is 90.3 cm³/mol. The Bertz CT molecular complexity index is 721. The third-order valence-electron chi connectivity index (χ3n) is 5.38. The Balaban J connectivity index is 1.44. The van der Waals surface area contributed by atoms with Gasteiger partial charge in [0.15, 0.2) is 11.5 Å². The second-order valence-corrected chi connectivity index (χ2v) is 6.97. The summed E-state index contributed by atoms with van der Waals surface area (Å²) in [7, 11) is 2.05. The fourth-order valence-electron chi connectivity index (χ4n) is 3.55. The van der Waals surface area contributed by atoms with Gasteiger partial charge in [-0.2, -0.15) is 0 Å². The standard InChI is InChI=1S/C18H24N4O3/c1-21-17(19-20-18(21)13-4-2-5-13)11-22-7-9-24-12-14(22)10-15(23)16-6-3-8-25-16/h3,6,8,13-14H,2,4-5,7,9-12H2,1H3/t14-/m1/s1. The van der Waals surface area contributed by atoms with Gasteiger partial charge in [-0.15, -0.1) is 10.2 Å². The smallest absolute Gasteiger partial charge is 0.199 e. The van der Waals surface area contributed by atoms with Gasteiger partial charge in [-0.1, -0.05) is 6.42 Å². The van der Waals surface area contributed by atoms with Crippen molar-refractivity contribution in [1.82, 2.24) is 19.7 Å².